The summed E-state index contributed by atoms with van der Waals surface area (Å²) >= 11 is 0. The maximum Gasteiger partial charge on any atom is 0.337 e. The van der Waals surface area contributed by atoms with Crippen molar-refractivity contribution in [2.75, 3.05) is 11.9 Å². The average Bonchev–Trinajstić information content (AvgIpc) is 2.48. The Bertz CT molecular complexity index is 398. The fourth-order valence-electron chi connectivity index (χ4n) is 1.12. The summed E-state index contributed by atoms with van der Waals surface area (Å²) in [7, 11) is 0. The number of nitrogens with zero attached hydrogens (tertiary/aromatic N) is 3. The van der Waals surface area contributed by atoms with E-state index in [-0.39, 0.29) is 24.3 Å². The van der Waals surface area contributed by atoms with Crippen molar-refractivity contribution in [3.63, 3.8) is 0 Å². The first-order valence-electron chi connectivity index (χ1n) is 4.13. The minimum Gasteiger partial charge on any atom is -0.463 e. The van der Waals surface area contributed by atoms with E-state index in [0.29, 0.717) is 6.61 Å². The van der Waals surface area contributed by atoms with Crippen LogP contribution in [-0.2, 0) is 4.79 Å². The SMILES string of the molecule is CCOc1nc2n(n1)C(=O)CC(=O)N2. The van der Waals surface area contributed by atoms with Gasteiger partial charge in [0.15, 0.2) is 0 Å². The molecule has 0 aliphatic carbocycles. The molecule has 0 fully saturated rings. The molecule has 2 heterocycles. The number of rotatable bonds is 2. The maximum absolute atomic E-state index is 11.3. The molecule has 74 valence electrons. The van der Waals surface area contributed by atoms with Gasteiger partial charge in [-0.25, -0.2) is 0 Å². The van der Waals surface area contributed by atoms with Crippen molar-refractivity contribution in [1.82, 2.24) is 14.8 Å². The summed E-state index contributed by atoms with van der Waals surface area (Å²) in [5, 5.41) is 6.19. The Morgan fingerprint density at radius 2 is 2.36 bits per heavy atom. The lowest BCUT2D eigenvalue weighted by Gasteiger charge is -2.09. The molecule has 0 atom stereocenters. The van der Waals surface area contributed by atoms with Crippen LogP contribution < -0.4 is 10.1 Å². The van der Waals surface area contributed by atoms with Crippen LogP contribution >= 0.6 is 0 Å². The Morgan fingerprint density at radius 3 is 3.07 bits per heavy atom. The normalized spacial score (nSPS) is 14.9. The van der Waals surface area contributed by atoms with Gasteiger partial charge in [0.25, 0.3) is 5.91 Å². The van der Waals surface area contributed by atoms with E-state index in [9.17, 15) is 9.59 Å². The van der Waals surface area contributed by atoms with Gasteiger partial charge in [-0.3, -0.25) is 14.9 Å². The molecule has 1 N–H and O–H groups in total. The van der Waals surface area contributed by atoms with Crippen LogP contribution in [0.15, 0.2) is 0 Å². The number of fused-ring (bicyclic) bond motifs is 1. The molecule has 7 nitrogen and oxygen atoms in total. The fourth-order valence-corrected chi connectivity index (χ4v) is 1.12. The Balaban J connectivity index is 2.35. The number of hydrogen-bond acceptors (Lipinski definition) is 5. The van der Waals surface area contributed by atoms with E-state index < -0.39 is 5.91 Å². The molecule has 1 amide bonds. The number of carbonyl (C=O) groups is 2. The Kier molecular flexibility index (Phi) is 1.91. The van der Waals surface area contributed by atoms with Gasteiger partial charge in [-0.05, 0) is 6.92 Å². The summed E-state index contributed by atoms with van der Waals surface area (Å²) in [6.07, 6.45) is -0.206. The second-order valence-corrected chi connectivity index (χ2v) is 2.68. The van der Waals surface area contributed by atoms with Crippen LogP contribution in [0.3, 0.4) is 0 Å². The van der Waals surface area contributed by atoms with E-state index >= 15 is 0 Å². The van der Waals surface area contributed by atoms with E-state index in [0.717, 1.165) is 4.68 Å². The Hall–Kier alpha value is -1.92. The third kappa shape index (κ3) is 1.32. The summed E-state index contributed by atoms with van der Waals surface area (Å²) < 4.78 is 6.03. The zero-order valence-electron chi connectivity index (χ0n) is 7.48. The number of ether oxygens (including phenoxy) is 1. The number of hydrogen-bond donors (Lipinski definition) is 1. The van der Waals surface area contributed by atoms with Gasteiger partial charge in [0.05, 0.1) is 6.61 Å². The topological polar surface area (TPSA) is 86.1 Å². The Labute approximate surface area is 79.1 Å². The second-order valence-electron chi connectivity index (χ2n) is 2.68. The van der Waals surface area contributed by atoms with Crippen LogP contribution in [0.25, 0.3) is 0 Å². The molecule has 1 aromatic rings. The van der Waals surface area contributed by atoms with E-state index in [2.05, 4.69) is 15.4 Å². The fraction of sp³-hybridized carbons (Fsp3) is 0.429. The summed E-state index contributed by atoms with van der Waals surface area (Å²) in [6.45, 7) is 2.19. The molecule has 0 aromatic carbocycles. The van der Waals surface area contributed by atoms with Crippen LogP contribution in [0.5, 0.6) is 6.01 Å². The van der Waals surface area contributed by atoms with Gasteiger partial charge in [0.2, 0.25) is 11.9 Å². The van der Waals surface area contributed by atoms with Crippen molar-refractivity contribution in [3.8, 4) is 6.01 Å². The van der Waals surface area contributed by atoms with Crippen molar-refractivity contribution >= 4 is 17.8 Å². The lowest BCUT2D eigenvalue weighted by molar-refractivity contribution is -0.115. The van der Waals surface area contributed by atoms with E-state index in [1.54, 1.807) is 6.92 Å². The van der Waals surface area contributed by atoms with Crippen molar-refractivity contribution in [2.45, 2.75) is 13.3 Å². The van der Waals surface area contributed by atoms with Crippen molar-refractivity contribution < 1.29 is 14.3 Å². The standard InChI is InChI=1S/C7H8N4O3/c1-2-14-7-9-6-8-4(12)3-5(13)11(6)10-7/h2-3H2,1H3,(H,8,9,10,12). The molecule has 1 aromatic heterocycles. The zero-order valence-corrected chi connectivity index (χ0v) is 7.48. The minimum absolute atomic E-state index is 0.0954. The molecule has 2 rings (SSSR count). The first-order valence-corrected chi connectivity index (χ1v) is 4.13. The third-order valence-electron chi connectivity index (χ3n) is 1.66. The molecule has 14 heavy (non-hydrogen) atoms. The molecule has 0 saturated carbocycles. The maximum atomic E-state index is 11.3. The highest BCUT2D eigenvalue weighted by atomic mass is 16.5. The average molecular weight is 196 g/mol. The van der Waals surface area contributed by atoms with E-state index in [1.807, 2.05) is 0 Å². The van der Waals surface area contributed by atoms with Crippen molar-refractivity contribution in [3.05, 3.63) is 0 Å². The third-order valence-corrected chi connectivity index (χ3v) is 1.66. The molecule has 0 unspecified atom stereocenters. The predicted octanol–water partition coefficient (Wildman–Crippen LogP) is -0.341. The van der Waals surface area contributed by atoms with E-state index in [1.165, 1.54) is 0 Å². The number of nitrogens with one attached hydrogen (secondary N) is 1. The van der Waals surface area contributed by atoms with Crippen LogP contribution in [0.1, 0.15) is 18.1 Å². The monoisotopic (exact) mass is 196 g/mol. The molecule has 1 aliphatic heterocycles. The zero-order chi connectivity index (χ0) is 10.1. The van der Waals surface area contributed by atoms with Crippen molar-refractivity contribution in [2.24, 2.45) is 0 Å². The summed E-state index contributed by atoms with van der Waals surface area (Å²) in [6, 6.07) is 0.0954. The lowest BCUT2D eigenvalue weighted by atomic mass is 10.3. The molecule has 7 heteroatoms. The van der Waals surface area contributed by atoms with Crippen molar-refractivity contribution in [1.29, 1.82) is 0 Å². The highest BCUT2D eigenvalue weighted by Crippen LogP contribution is 2.15. The van der Waals surface area contributed by atoms with E-state index in [4.69, 9.17) is 4.74 Å². The van der Waals surface area contributed by atoms with Gasteiger partial charge in [0.1, 0.15) is 6.42 Å². The highest BCUT2D eigenvalue weighted by molar-refractivity contribution is 6.07. The molecule has 0 spiro atoms. The highest BCUT2D eigenvalue weighted by Gasteiger charge is 2.25. The first-order chi connectivity index (χ1) is 6.70. The van der Waals surface area contributed by atoms with Gasteiger partial charge in [-0.1, -0.05) is 0 Å². The van der Waals surface area contributed by atoms with Gasteiger partial charge in [-0.2, -0.15) is 9.67 Å². The predicted molar refractivity (Wildman–Crippen MR) is 45.1 cm³/mol. The van der Waals surface area contributed by atoms with Gasteiger partial charge in [-0.15, -0.1) is 5.10 Å². The number of anilines is 1. The number of amides is 1. The molecular weight excluding hydrogens is 188 g/mol. The second kappa shape index (κ2) is 3.09. The van der Waals surface area contributed by atoms with Crippen LogP contribution in [0.4, 0.5) is 5.95 Å². The van der Waals surface area contributed by atoms with Crippen LogP contribution in [-0.4, -0.2) is 33.2 Å². The largest absolute Gasteiger partial charge is 0.463 e. The summed E-state index contributed by atoms with van der Waals surface area (Å²) in [5.74, 6) is -0.658. The molecule has 0 radical (unpaired) electrons. The van der Waals surface area contributed by atoms with Gasteiger partial charge >= 0.3 is 6.01 Å². The summed E-state index contributed by atoms with van der Waals surface area (Å²) in [5.41, 5.74) is 0. The number of aromatic nitrogens is 3. The molecule has 1 aliphatic rings. The summed E-state index contributed by atoms with van der Waals surface area (Å²) in [4.78, 5) is 26.0. The lowest BCUT2D eigenvalue weighted by Crippen LogP contribution is -2.30. The minimum atomic E-state index is -0.401. The van der Waals surface area contributed by atoms with Gasteiger partial charge in [0, 0.05) is 0 Å². The quantitative estimate of drug-likeness (QED) is 0.654. The molecular formula is C7H8N4O3. The molecule has 0 saturated heterocycles. The van der Waals surface area contributed by atoms with Gasteiger partial charge < -0.3 is 4.74 Å². The first kappa shape index (κ1) is 8.67. The van der Waals surface area contributed by atoms with Crippen LogP contribution in [0, 0.1) is 0 Å². The molecule has 0 bridgehead atoms. The van der Waals surface area contributed by atoms with Crippen LogP contribution in [0.2, 0.25) is 0 Å². The smallest absolute Gasteiger partial charge is 0.337 e. The number of carbonyl (C=O) groups excluding carboxylic acids is 2. The Morgan fingerprint density at radius 1 is 1.57 bits per heavy atom.